The van der Waals surface area contributed by atoms with Crippen molar-refractivity contribution >= 4 is 6.09 Å². The number of nitrogens with one attached hydrogen (secondary N) is 3. The van der Waals surface area contributed by atoms with Crippen LogP contribution in [0.1, 0.15) is 116 Å². The van der Waals surface area contributed by atoms with Gasteiger partial charge in [-0.25, -0.2) is 24.6 Å². The van der Waals surface area contributed by atoms with Crippen LogP contribution in [0.4, 0.5) is 57.5 Å². The van der Waals surface area contributed by atoms with Crippen molar-refractivity contribution in [3.8, 4) is 0 Å². The highest BCUT2D eigenvalue weighted by molar-refractivity contribution is 5.70. The molecule has 2 fully saturated rings. The number of amides is 1. The van der Waals surface area contributed by atoms with Crippen LogP contribution in [0.25, 0.3) is 0 Å². The minimum atomic E-state index is -5.03. The number of piperidine rings is 2. The van der Waals surface area contributed by atoms with E-state index >= 15 is 0 Å². The zero-order valence-electron chi connectivity index (χ0n) is 45.5. The average Bonchev–Trinajstić information content (AvgIpc) is 1.55. The first-order valence-electron chi connectivity index (χ1n) is 26.3. The lowest BCUT2D eigenvalue weighted by Crippen LogP contribution is -2.62. The fourth-order valence-electron chi connectivity index (χ4n) is 10.5. The molecule has 26 heteroatoms. The normalized spacial score (nSPS) is 22.2. The maximum absolute atomic E-state index is 14.0. The summed E-state index contributed by atoms with van der Waals surface area (Å²) >= 11 is 0. The maximum atomic E-state index is 14.0. The van der Waals surface area contributed by atoms with Crippen LogP contribution in [-0.2, 0) is 67.7 Å². The van der Waals surface area contributed by atoms with E-state index in [1.165, 1.54) is 40.5 Å². The van der Waals surface area contributed by atoms with Gasteiger partial charge in [-0.3, -0.25) is 14.0 Å². The molecular weight excluding hydrogens is 1130 g/mol. The van der Waals surface area contributed by atoms with E-state index in [4.69, 9.17) is 14.2 Å². The average molecular weight is 1190 g/mol. The largest absolute Gasteiger partial charge is 0.445 e. The minimum absolute atomic E-state index is 0.0217. The molecule has 0 radical (unpaired) electrons. The number of carbonyl (C=O) groups excluding carboxylic acids is 1. The highest BCUT2D eigenvalue weighted by atomic mass is 19.4. The van der Waals surface area contributed by atoms with Gasteiger partial charge in [0.05, 0.1) is 69.8 Å². The zero-order chi connectivity index (χ0) is 61.1. The van der Waals surface area contributed by atoms with E-state index in [0.29, 0.717) is 61.2 Å². The Morgan fingerprint density at radius 2 is 0.976 bits per heavy atom. The molecule has 14 nitrogen and oxygen atoms in total. The molecule has 5 aromatic carbocycles. The number of alkyl halides is 12. The lowest BCUT2D eigenvalue weighted by Gasteiger charge is -2.52. The van der Waals surface area contributed by atoms with Gasteiger partial charge >= 0.3 is 42.2 Å². The van der Waals surface area contributed by atoms with Gasteiger partial charge in [-0.2, -0.15) is 62.9 Å². The molecule has 7 aromatic rings. The van der Waals surface area contributed by atoms with Gasteiger partial charge in [0.1, 0.15) is 19.3 Å². The Labute approximate surface area is 472 Å². The van der Waals surface area contributed by atoms with Gasteiger partial charge in [-0.1, -0.05) is 91.0 Å². The van der Waals surface area contributed by atoms with Crippen LogP contribution < -0.4 is 16.7 Å². The number of H-pyrrole nitrogens is 2. The molecule has 2 aromatic heterocycles. The fraction of sp³-hybridized carbons (Fsp3) is 0.397. The Morgan fingerprint density at radius 1 is 0.560 bits per heavy atom. The molecule has 1 amide bonds. The van der Waals surface area contributed by atoms with Gasteiger partial charge in [0.25, 0.3) is 0 Å². The number of carbonyl (C=O) groups is 1. The Bertz CT molecular complexity index is 3400. The van der Waals surface area contributed by atoms with Crippen LogP contribution in [0.5, 0.6) is 0 Å². The number of ether oxygens (including phenoxy) is 3. The van der Waals surface area contributed by atoms with Gasteiger partial charge in [0.15, 0.2) is 0 Å². The Hall–Kier alpha value is -7.71. The smallest absolute Gasteiger partial charge is 0.416 e. The summed E-state index contributed by atoms with van der Waals surface area (Å²) in [5, 5.41) is 15.8. The first-order valence-corrected chi connectivity index (χ1v) is 26.3. The number of rotatable bonds is 14. The van der Waals surface area contributed by atoms with Gasteiger partial charge < -0.3 is 19.5 Å². The highest BCUT2D eigenvalue weighted by Gasteiger charge is 2.52. The SMILES string of the molecule is C[C@@H](OC[C@@]1(c2ccccc2)CC[C@](C)(n2cn[nH]c2=O)CN1)c1cc(C(F)(F)F)cc(C(F)(F)F)c1.C[C@@H](OC[C@@]1(c2ccccc2)CC[C@](C)(n2cn[nH]c2=O)CN1C(=O)OCc1ccccc1)c1cc(C(F)(F)F)cc(C(F)(F)F)c1. The van der Waals surface area contributed by atoms with Crippen LogP contribution >= 0.6 is 0 Å². The van der Waals surface area contributed by atoms with E-state index in [9.17, 15) is 67.1 Å². The molecule has 2 saturated heterocycles. The van der Waals surface area contributed by atoms with Crippen LogP contribution in [0.15, 0.2) is 150 Å². The molecule has 2 aliphatic heterocycles. The molecule has 2 aliphatic rings. The van der Waals surface area contributed by atoms with Gasteiger partial charge in [-0.15, -0.1) is 0 Å². The molecule has 0 bridgehead atoms. The van der Waals surface area contributed by atoms with Crippen LogP contribution in [0.2, 0.25) is 0 Å². The number of aromatic nitrogens is 6. The lowest BCUT2D eigenvalue weighted by atomic mass is 9.75. The summed E-state index contributed by atoms with van der Waals surface area (Å²) in [4.78, 5) is 40.2. The third-order valence-corrected chi connectivity index (χ3v) is 15.6. The number of hydrogen-bond donors (Lipinski definition) is 3. The monoisotopic (exact) mass is 1190 g/mol. The molecule has 3 N–H and O–H groups in total. The summed E-state index contributed by atoms with van der Waals surface area (Å²) in [6, 6.07) is 29.7. The van der Waals surface area contributed by atoms with Gasteiger partial charge in [0, 0.05) is 13.1 Å². The fourth-order valence-corrected chi connectivity index (χ4v) is 10.5. The maximum Gasteiger partial charge on any atom is 0.416 e. The minimum Gasteiger partial charge on any atom is -0.445 e. The predicted octanol–water partition coefficient (Wildman–Crippen LogP) is 12.8. The molecule has 84 heavy (non-hydrogen) atoms. The predicted molar refractivity (Wildman–Crippen MR) is 281 cm³/mol. The van der Waals surface area contributed by atoms with E-state index in [0.717, 1.165) is 5.56 Å². The third kappa shape index (κ3) is 13.9. The summed E-state index contributed by atoms with van der Waals surface area (Å²) in [7, 11) is 0. The molecule has 0 spiro atoms. The quantitative estimate of drug-likeness (QED) is 0.0900. The molecule has 9 rings (SSSR count). The van der Waals surface area contributed by atoms with E-state index in [-0.39, 0.29) is 61.7 Å². The number of likely N-dealkylation sites (tertiary alicyclic amines) is 1. The van der Waals surface area contributed by atoms with Crippen molar-refractivity contribution in [2.24, 2.45) is 0 Å². The van der Waals surface area contributed by atoms with E-state index in [1.807, 2.05) is 43.3 Å². The third-order valence-electron chi connectivity index (χ3n) is 15.6. The summed E-state index contributed by atoms with van der Waals surface area (Å²) in [6.45, 7) is 6.33. The van der Waals surface area contributed by atoms with Crippen LogP contribution in [-0.4, -0.2) is 66.8 Å². The summed E-state index contributed by atoms with van der Waals surface area (Å²) in [5.41, 5.74) is -8.55. The Morgan fingerprint density at radius 3 is 1.39 bits per heavy atom. The molecular formula is C58H58F12N8O6. The van der Waals surface area contributed by atoms with Crippen molar-refractivity contribution in [3.05, 3.63) is 211 Å². The van der Waals surface area contributed by atoms with Crippen LogP contribution in [0.3, 0.4) is 0 Å². The number of halogens is 12. The molecule has 6 atom stereocenters. The van der Waals surface area contributed by atoms with E-state index in [2.05, 4.69) is 25.7 Å². The lowest BCUT2D eigenvalue weighted by molar-refractivity contribution is -0.145. The number of aromatic amines is 2. The Kier molecular flexibility index (Phi) is 17.9. The topological polar surface area (TPSA) is 161 Å². The van der Waals surface area contributed by atoms with Crippen molar-refractivity contribution < 1.29 is 71.7 Å². The van der Waals surface area contributed by atoms with E-state index < -0.39 is 93.1 Å². The Balaban J connectivity index is 0.000000225. The first-order chi connectivity index (χ1) is 39.4. The highest BCUT2D eigenvalue weighted by Crippen LogP contribution is 2.46. The summed E-state index contributed by atoms with van der Waals surface area (Å²) < 4.78 is 182. The molecule has 0 saturated carbocycles. The van der Waals surface area contributed by atoms with Crippen molar-refractivity contribution in [1.29, 1.82) is 0 Å². The number of benzene rings is 5. The van der Waals surface area contributed by atoms with Gasteiger partial charge in [0.2, 0.25) is 0 Å². The van der Waals surface area contributed by atoms with Gasteiger partial charge in [-0.05, 0) is 118 Å². The van der Waals surface area contributed by atoms with Crippen molar-refractivity contribution in [3.63, 3.8) is 0 Å². The van der Waals surface area contributed by atoms with Crippen molar-refractivity contribution in [1.82, 2.24) is 39.7 Å². The molecule has 0 aliphatic carbocycles. The molecule has 4 heterocycles. The standard InChI is InChI=1S/C33H32F6N4O4.C25H26F6N4O2/c1-22(24-15-26(32(34,35)36)17-27(16-24)33(37,38)39)47-20-31(25-11-7-4-8-12-25)14-13-30(2,43-21-40-41-28(43)44)19-42(31)29(45)46-18-23-9-5-3-6-10-23;1-16(17-10-19(24(26,27)28)12-20(11-17)25(29,30)31)37-14-23(18-6-4-3-5-7-18)9-8-22(2,13-32-23)35-15-33-34-21(35)36/h3-12,15-17,21-22H,13-14,18-20H2,1-2H3,(H,41,44);3-7,10-12,15-16,32H,8-9,13-14H2,1-2H3,(H,34,36)/t22-,30+,31-;16-,22+,23-/m11/s1. The second kappa shape index (κ2) is 24.1. The first kappa shape index (κ1) is 62.3. The van der Waals surface area contributed by atoms with Crippen LogP contribution in [0, 0.1) is 0 Å². The zero-order valence-corrected chi connectivity index (χ0v) is 45.5. The number of hydrogen-bond acceptors (Lipinski definition) is 9. The second-order valence-electron chi connectivity index (χ2n) is 21.5. The molecule has 450 valence electrons. The van der Waals surface area contributed by atoms with Crippen molar-refractivity contribution in [2.75, 3.05) is 26.3 Å². The molecule has 0 unspecified atom stereocenters. The summed E-state index contributed by atoms with van der Waals surface area (Å²) in [6.07, 6.45) is -18.7. The second-order valence-corrected chi connectivity index (χ2v) is 21.5. The summed E-state index contributed by atoms with van der Waals surface area (Å²) in [5.74, 6) is 0. The van der Waals surface area contributed by atoms with Crippen molar-refractivity contribution in [2.45, 2.75) is 119 Å². The van der Waals surface area contributed by atoms with E-state index in [1.54, 1.807) is 61.5 Å². The number of nitrogens with zero attached hydrogens (tertiary/aromatic N) is 5.